The third-order valence-electron chi connectivity index (χ3n) is 4.14. The van der Waals surface area contributed by atoms with Crippen LogP contribution >= 0.6 is 12.4 Å². The van der Waals surface area contributed by atoms with Gasteiger partial charge in [0.15, 0.2) is 0 Å². The van der Waals surface area contributed by atoms with Crippen molar-refractivity contribution in [2.24, 2.45) is 0 Å². The van der Waals surface area contributed by atoms with E-state index in [1.807, 2.05) is 6.07 Å². The predicted octanol–water partition coefficient (Wildman–Crippen LogP) is 2.71. The number of halogens is 1. The first kappa shape index (κ1) is 17.0. The number of nitrogens with one attached hydrogen (secondary N) is 1. The van der Waals surface area contributed by atoms with Gasteiger partial charge in [-0.3, -0.25) is 4.90 Å². The molecule has 4 heteroatoms. The van der Waals surface area contributed by atoms with Crippen molar-refractivity contribution in [2.45, 2.75) is 6.04 Å². The lowest BCUT2D eigenvalue weighted by Gasteiger charge is -2.34. The molecule has 1 heterocycles. The number of aliphatic hydroxyl groups excluding tert-OH is 1. The summed E-state index contributed by atoms with van der Waals surface area (Å²) < 4.78 is 0. The van der Waals surface area contributed by atoms with Crippen LogP contribution in [0.4, 0.5) is 0 Å². The van der Waals surface area contributed by atoms with E-state index in [1.54, 1.807) is 0 Å². The predicted molar refractivity (Wildman–Crippen MR) is 93.4 cm³/mol. The molecule has 0 saturated carbocycles. The van der Waals surface area contributed by atoms with Crippen LogP contribution in [0, 0.1) is 0 Å². The van der Waals surface area contributed by atoms with Crippen LogP contribution < -0.4 is 5.32 Å². The summed E-state index contributed by atoms with van der Waals surface area (Å²) in [6, 6.07) is 19.0. The van der Waals surface area contributed by atoms with Crippen LogP contribution in [0.15, 0.2) is 54.6 Å². The number of benzene rings is 2. The van der Waals surface area contributed by atoms with Crippen molar-refractivity contribution in [1.82, 2.24) is 10.2 Å². The summed E-state index contributed by atoms with van der Waals surface area (Å²) in [6.07, 6.45) is 0. The molecule has 2 aromatic carbocycles. The van der Waals surface area contributed by atoms with Gasteiger partial charge in [-0.2, -0.15) is 0 Å². The summed E-state index contributed by atoms with van der Waals surface area (Å²) >= 11 is 0. The summed E-state index contributed by atoms with van der Waals surface area (Å²) in [5, 5.41) is 13.2. The van der Waals surface area contributed by atoms with Crippen molar-refractivity contribution in [3.05, 3.63) is 60.2 Å². The fraction of sp³-hybridized carbons (Fsp3) is 0.333. The van der Waals surface area contributed by atoms with Crippen LogP contribution in [0.25, 0.3) is 11.1 Å². The maximum atomic E-state index is 9.83. The molecule has 0 amide bonds. The third-order valence-corrected chi connectivity index (χ3v) is 4.14. The van der Waals surface area contributed by atoms with E-state index < -0.39 is 0 Å². The van der Waals surface area contributed by atoms with Crippen molar-refractivity contribution >= 4 is 12.4 Å². The maximum absolute atomic E-state index is 9.83. The molecule has 118 valence electrons. The molecule has 0 unspecified atom stereocenters. The lowest BCUT2D eigenvalue weighted by Crippen LogP contribution is -2.46. The maximum Gasteiger partial charge on any atom is 0.0628 e. The normalized spacial score (nSPS) is 16.8. The molecule has 0 aliphatic carbocycles. The molecule has 3 rings (SSSR count). The van der Waals surface area contributed by atoms with Gasteiger partial charge in [0.05, 0.1) is 12.6 Å². The van der Waals surface area contributed by atoms with E-state index in [9.17, 15) is 5.11 Å². The number of hydrogen-bond acceptors (Lipinski definition) is 3. The van der Waals surface area contributed by atoms with Crippen LogP contribution in [-0.4, -0.2) is 42.8 Å². The Morgan fingerprint density at radius 2 is 1.64 bits per heavy atom. The van der Waals surface area contributed by atoms with Gasteiger partial charge in [-0.05, 0) is 22.8 Å². The van der Waals surface area contributed by atoms with Gasteiger partial charge in [-0.15, -0.1) is 12.4 Å². The van der Waals surface area contributed by atoms with Gasteiger partial charge in [0, 0.05) is 26.2 Å². The quantitative estimate of drug-likeness (QED) is 0.910. The monoisotopic (exact) mass is 318 g/mol. The molecular weight excluding hydrogens is 296 g/mol. The molecule has 1 aliphatic rings. The molecule has 1 atom stereocenters. The molecule has 1 saturated heterocycles. The molecule has 0 radical (unpaired) electrons. The van der Waals surface area contributed by atoms with E-state index in [2.05, 4.69) is 58.7 Å². The van der Waals surface area contributed by atoms with Crippen LogP contribution in [-0.2, 0) is 0 Å². The number of piperazine rings is 1. The zero-order valence-corrected chi connectivity index (χ0v) is 13.4. The Kier molecular flexibility index (Phi) is 6.40. The lowest BCUT2D eigenvalue weighted by molar-refractivity contribution is 0.111. The van der Waals surface area contributed by atoms with E-state index in [-0.39, 0.29) is 25.1 Å². The van der Waals surface area contributed by atoms with Crippen molar-refractivity contribution in [1.29, 1.82) is 0 Å². The Balaban J connectivity index is 0.00000176. The van der Waals surface area contributed by atoms with E-state index in [1.165, 1.54) is 16.7 Å². The minimum Gasteiger partial charge on any atom is -0.394 e. The van der Waals surface area contributed by atoms with Gasteiger partial charge in [0.1, 0.15) is 0 Å². The fourth-order valence-electron chi connectivity index (χ4n) is 2.98. The highest BCUT2D eigenvalue weighted by Crippen LogP contribution is 2.26. The first-order valence-electron chi connectivity index (χ1n) is 7.59. The summed E-state index contributed by atoms with van der Waals surface area (Å²) in [6.45, 7) is 4.13. The molecule has 0 spiro atoms. The van der Waals surface area contributed by atoms with E-state index in [0.29, 0.717) is 0 Å². The smallest absolute Gasteiger partial charge is 0.0628 e. The third kappa shape index (κ3) is 3.87. The van der Waals surface area contributed by atoms with Crippen LogP contribution in [0.1, 0.15) is 11.6 Å². The van der Waals surface area contributed by atoms with Gasteiger partial charge in [0.2, 0.25) is 0 Å². The van der Waals surface area contributed by atoms with Gasteiger partial charge in [-0.25, -0.2) is 0 Å². The van der Waals surface area contributed by atoms with E-state index in [0.717, 1.165) is 26.2 Å². The fourth-order valence-corrected chi connectivity index (χ4v) is 2.98. The van der Waals surface area contributed by atoms with Gasteiger partial charge in [-0.1, -0.05) is 48.5 Å². The van der Waals surface area contributed by atoms with Crippen LogP contribution in [0.2, 0.25) is 0 Å². The molecule has 22 heavy (non-hydrogen) atoms. The van der Waals surface area contributed by atoms with Crippen LogP contribution in [0.3, 0.4) is 0 Å². The Morgan fingerprint density at radius 1 is 0.955 bits per heavy atom. The Morgan fingerprint density at radius 3 is 2.32 bits per heavy atom. The highest BCUT2D eigenvalue weighted by molar-refractivity contribution is 5.85. The Hall–Kier alpha value is -1.39. The highest BCUT2D eigenvalue weighted by atomic mass is 35.5. The first-order chi connectivity index (χ1) is 10.4. The van der Waals surface area contributed by atoms with Gasteiger partial charge < -0.3 is 10.4 Å². The topological polar surface area (TPSA) is 35.5 Å². The molecule has 1 aliphatic heterocycles. The molecule has 1 fully saturated rings. The standard InChI is InChI=1S/C18H22N2O.ClH/c21-14-18(20-11-9-19-10-12-20)17-8-4-7-16(13-17)15-5-2-1-3-6-15;/h1-8,13,18-19,21H,9-12,14H2;1H/t18-;/m0./s1. The first-order valence-corrected chi connectivity index (χ1v) is 7.59. The summed E-state index contributed by atoms with van der Waals surface area (Å²) in [5.41, 5.74) is 3.62. The second-order valence-electron chi connectivity index (χ2n) is 5.48. The summed E-state index contributed by atoms with van der Waals surface area (Å²) in [4.78, 5) is 2.36. The molecule has 0 aromatic heterocycles. The average molecular weight is 319 g/mol. The van der Waals surface area contributed by atoms with Crippen LogP contribution in [0.5, 0.6) is 0 Å². The van der Waals surface area contributed by atoms with E-state index in [4.69, 9.17) is 0 Å². The summed E-state index contributed by atoms with van der Waals surface area (Å²) in [7, 11) is 0. The molecule has 0 bridgehead atoms. The Labute approximate surface area is 138 Å². The zero-order valence-electron chi connectivity index (χ0n) is 12.6. The average Bonchev–Trinajstić information content (AvgIpc) is 2.58. The lowest BCUT2D eigenvalue weighted by atomic mass is 9.98. The molecule has 3 nitrogen and oxygen atoms in total. The second-order valence-corrected chi connectivity index (χ2v) is 5.48. The van der Waals surface area contributed by atoms with Gasteiger partial charge in [0.25, 0.3) is 0 Å². The van der Waals surface area contributed by atoms with Crippen molar-refractivity contribution < 1.29 is 5.11 Å². The minimum absolute atomic E-state index is 0. The zero-order chi connectivity index (χ0) is 14.5. The second kappa shape index (κ2) is 8.30. The highest BCUT2D eigenvalue weighted by Gasteiger charge is 2.21. The van der Waals surface area contributed by atoms with E-state index >= 15 is 0 Å². The van der Waals surface area contributed by atoms with Crippen molar-refractivity contribution in [3.8, 4) is 11.1 Å². The number of nitrogens with zero attached hydrogens (tertiary/aromatic N) is 1. The number of rotatable bonds is 4. The number of aliphatic hydroxyl groups is 1. The largest absolute Gasteiger partial charge is 0.394 e. The molecule has 2 aromatic rings. The molecule has 2 N–H and O–H groups in total. The van der Waals surface area contributed by atoms with Crippen molar-refractivity contribution in [3.63, 3.8) is 0 Å². The number of hydrogen-bond donors (Lipinski definition) is 2. The minimum atomic E-state index is 0. The summed E-state index contributed by atoms with van der Waals surface area (Å²) in [5.74, 6) is 0. The Bertz CT molecular complexity index is 570. The van der Waals surface area contributed by atoms with Crippen molar-refractivity contribution in [2.75, 3.05) is 32.8 Å². The van der Waals surface area contributed by atoms with Gasteiger partial charge >= 0.3 is 0 Å². The molecular formula is C18H23ClN2O. The SMILES string of the molecule is Cl.OC[C@@H](c1cccc(-c2ccccc2)c1)N1CCNCC1.